The molecule has 0 aromatic heterocycles. The summed E-state index contributed by atoms with van der Waals surface area (Å²) < 4.78 is 10.6. The van der Waals surface area contributed by atoms with E-state index in [2.05, 4.69) is 0 Å². The molecule has 14 heavy (non-hydrogen) atoms. The average molecular weight is 190 g/mol. The highest BCUT2D eigenvalue weighted by atomic mass is 16.7. The lowest BCUT2D eigenvalue weighted by Gasteiger charge is -2.23. The second-order valence-electron chi connectivity index (χ2n) is 3.19. The Bertz CT molecular complexity index is 357. The first-order valence-electron chi connectivity index (χ1n) is 4.31. The third-order valence-electron chi connectivity index (χ3n) is 2.21. The van der Waals surface area contributed by atoms with Crippen LogP contribution in [0.1, 0.15) is 22.8 Å². The highest BCUT2D eigenvalue weighted by Gasteiger charge is 2.31. The Morgan fingerprint density at radius 3 is 2.21 bits per heavy atom. The molecule has 0 aliphatic carbocycles. The normalized spacial score (nSPS) is 17.2. The number of aldehydes is 1. The zero-order valence-electron chi connectivity index (χ0n) is 7.77. The van der Waals surface area contributed by atoms with Crippen molar-refractivity contribution >= 4 is 6.29 Å². The number of benzene rings is 1. The van der Waals surface area contributed by atoms with Crippen LogP contribution >= 0.6 is 0 Å². The summed E-state index contributed by atoms with van der Waals surface area (Å²) in [6.07, 6.45) is 3.82. The molecule has 1 aromatic carbocycles. The lowest BCUT2D eigenvalue weighted by atomic mass is 10.1. The molecule has 0 saturated carbocycles. The SMILES string of the molecule is CC1(c2ccc(C=O)cc2)OC=CO1. The van der Waals surface area contributed by atoms with Gasteiger partial charge in [0.15, 0.2) is 0 Å². The molecule has 1 aliphatic rings. The van der Waals surface area contributed by atoms with Gasteiger partial charge in [-0.15, -0.1) is 0 Å². The van der Waals surface area contributed by atoms with Crippen molar-refractivity contribution in [3.8, 4) is 0 Å². The number of ether oxygens (including phenoxy) is 2. The Hall–Kier alpha value is -1.77. The van der Waals surface area contributed by atoms with E-state index < -0.39 is 5.79 Å². The van der Waals surface area contributed by atoms with Crippen molar-refractivity contribution in [3.05, 3.63) is 47.9 Å². The van der Waals surface area contributed by atoms with Gasteiger partial charge in [0.2, 0.25) is 0 Å². The van der Waals surface area contributed by atoms with E-state index in [1.807, 2.05) is 19.1 Å². The van der Waals surface area contributed by atoms with Crippen molar-refractivity contribution in [2.75, 3.05) is 0 Å². The molecule has 0 atom stereocenters. The van der Waals surface area contributed by atoms with Crippen molar-refractivity contribution in [1.29, 1.82) is 0 Å². The van der Waals surface area contributed by atoms with Gasteiger partial charge in [-0.3, -0.25) is 4.79 Å². The molecule has 0 radical (unpaired) electrons. The number of carbonyl (C=O) groups is 1. The first-order chi connectivity index (χ1) is 6.74. The van der Waals surface area contributed by atoms with Gasteiger partial charge in [-0.25, -0.2) is 0 Å². The molecule has 0 spiro atoms. The lowest BCUT2D eigenvalue weighted by molar-refractivity contribution is -0.133. The van der Waals surface area contributed by atoms with Gasteiger partial charge in [0.05, 0.1) is 0 Å². The molecule has 1 heterocycles. The zero-order valence-corrected chi connectivity index (χ0v) is 7.77. The summed E-state index contributed by atoms with van der Waals surface area (Å²) in [7, 11) is 0. The highest BCUT2D eigenvalue weighted by Crippen LogP contribution is 2.31. The van der Waals surface area contributed by atoms with Crippen molar-refractivity contribution in [3.63, 3.8) is 0 Å². The fourth-order valence-electron chi connectivity index (χ4n) is 1.34. The molecule has 0 unspecified atom stereocenters. The van der Waals surface area contributed by atoms with Crippen LogP contribution in [-0.2, 0) is 15.3 Å². The second-order valence-corrected chi connectivity index (χ2v) is 3.19. The summed E-state index contributed by atoms with van der Waals surface area (Å²) in [5.41, 5.74) is 1.52. The molecule has 1 aromatic rings. The number of carbonyl (C=O) groups excluding carboxylic acids is 1. The van der Waals surface area contributed by atoms with Crippen molar-refractivity contribution in [2.45, 2.75) is 12.7 Å². The van der Waals surface area contributed by atoms with Gasteiger partial charge in [-0.05, 0) is 0 Å². The maximum absolute atomic E-state index is 10.4. The van der Waals surface area contributed by atoms with Gasteiger partial charge in [0, 0.05) is 18.1 Å². The quantitative estimate of drug-likeness (QED) is 0.670. The van der Waals surface area contributed by atoms with Gasteiger partial charge in [-0.1, -0.05) is 24.3 Å². The first kappa shape index (κ1) is 8.81. The zero-order chi connectivity index (χ0) is 10.0. The molecule has 0 saturated heterocycles. The van der Waals surface area contributed by atoms with E-state index in [0.717, 1.165) is 11.8 Å². The van der Waals surface area contributed by atoms with E-state index >= 15 is 0 Å². The van der Waals surface area contributed by atoms with Crippen LogP contribution in [-0.4, -0.2) is 6.29 Å². The summed E-state index contributed by atoms with van der Waals surface area (Å²) in [5, 5.41) is 0. The maximum Gasteiger partial charge on any atom is 0.273 e. The van der Waals surface area contributed by atoms with Crippen LogP contribution in [0.2, 0.25) is 0 Å². The van der Waals surface area contributed by atoms with Crippen LogP contribution in [0.3, 0.4) is 0 Å². The third-order valence-corrected chi connectivity index (χ3v) is 2.21. The second kappa shape index (κ2) is 3.18. The smallest absolute Gasteiger partial charge is 0.273 e. The average Bonchev–Trinajstić information content (AvgIpc) is 2.67. The molecule has 2 rings (SSSR count). The van der Waals surface area contributed by atoms with E-state index in [1.54, 1.807) is 12.1 Å². The molecule has 72 valence electrons. The molecule has 3 nitrogen and oxygen atoms in total. The molecule has 0 bridgehead atoms. The molecule has 0 fully saturated rings. The summed E-state index contributed by atoms with van der Waals surface area (Å²) in [5.74, 6) is -0.749. The van der Waals surface area contributed by atoms with Gasteiger partial charge < -0.3 is 9.47 Å². The van der Waals surface area contributed by atoms with E-state index in [1.165, 1.54) is 12.5 Å². The Balaban J connectivity index is 2.28. The van der Waals surface area contributed by atoms with E-state index in [4.69, 9.17) is 9.47 Å². The first-order valence-corrected chi connectivity index (χ1v) is 4.31. The monoisotopic (exact) mass is 190 g/mol. The van der Waals surface area contributed by atoms with Gasteiger partial charge in [-0.2, -0.15) is 0 Å². The molecule has 0 N–H and O–H groups in total. The largest absolute Gasteiger partial charge is 0.453 e. The topological polar surface area (TPSA) is 35.5 Å². The number of hydrogen-bond donors (Lipinski definition) is 0. The molecule has 0 amide bonds. The van der Waals surface area contributed by atoms with Gasteiger partial charge >= 0.3 is 0 Å². The minimum Gasteiger partial charge on any atom is -0.453 e. The van der Waals surface area contributed by atoms with Crippen molar-refractivity contribution in [1.82, 2.24) is 0 Å². The van der Waals surface area contributed by atoms with Crippen LogP contribution in [0.4, 0.5) is 0 Å². The Morgan fingerprint density at radius 1 is 1.14 bits per heavy atom. The van der Waals surface area contributed by atoms with Gasteiger partial charge in [0.25, 0.3) is 5.79 Å². The lowest BCUT2D eigenvalue weighted by Crippen LogP contribution is -2.21. The van der Waals surface area contributed by atoms with Crippen LogP contribution in [0.25, 0.3) is 0 Å². The predicted octanol–water partition coefficient (Wildman–Crippen LogP) is 2.19. The van der Waals surface area contributed by atoms with Crippen LogP contribution in [0.15, 0.2) is 36.8 Å². The summed E-state index contributed by atoms with van der Waals surface area (Å²) in [4.78, 5) is 10.4. The summed E-state index contributed by atoms with van der Waals surface area (Å²) in [6, 6.07) is 7.10. The molecule has 1 aliphatic heterocycles. The predicted molar refractivity (Wildman–Crippen MR) is 50.5 cm³/mol. The minimum absolute atomic E-state index is 0.642. The van der Waals surface area contributed by atoms with E-state index in [9.17, 15) is 4.79 Å². The Labute approximate surface area is 81.9 Å². The fourth-order valence-corrected chi connectivity index (χ4v) is 1.34. The summed E-state index contributed by atoms with van der Waals surface area (Å²) in [6.45, 7) is 1.82. The van der Waals surface area contributed by atoms with Crippen LogP contribution < -0.4 is 0 Å². The third kappa shape index (κ3) is 1.37. The van der Waals surface area contributed by atoms with Crippen LogP contribution in [0.5, 0.6) is 0 Å². The Kier molecular flexibility index (Phi) is 2.00. The van der Waals surface area contributed by atoms with Gasteiger partial charge in [0.1, 0.15) is 18.8 Å². The number of hydrogen-bond acceptors (Lipinski definition) is 3. The fraction of sp³-hybridized carbons (Fsp3) is 0.182. The maximum atomic E-state index is 10.4. The van der Waals surface area contributed by atoms with Crippen LogP contribution in [0, 0.1) is 0 Å². The molecular formula is C11H10O3. The molecule has 3 heteroatoms. The Morgan fingerprint density at radius 2 is 1.71 bits per heavy atom. The minimum atomic E-state index is -0.749. The van der Waals surface area contributed by atoms with E-state index in [-0.39, 0.29) is 0 Å². The van der Waals surface area contributed by atoms with Crippen molar-refractivity contribution in [2.24, 2.45) is 0 Å². The molecular weight excluding hydrogens is 180 g/mol. The highest BCUT2D eigenvalue weighted by molar-refractivity contribution is 5.74. The van der Waals surface area contributed by atoms with Crippen molar-refractivity contribution < 1.29 is 14.3 Å². The van der Waals surface area contributed by atoms with E-state index in [0.29, 0.717) is 5.56 Å². The standard InChI is InChI=1S/C11H10O3/c1-11(13-6-7-14-11)10-4-2-9(8-12)3-5-10/h2-8H,1H3. The number of rotatable bonds is 2. The summed E-state index contributed by atoms with van der Waals surface area (Å²) >= 11 is 0.